The molecule has 0 saturated heterocycles. The molecule has 1 nitrogen and oxygen atoms in total. The molecular weight excluding hydrogens is 266 g/mol. The maximum absolute atomic E-state index is 12.5. The number of hydrogen-bond acceptors (Lipinski definition) is 1. The molecule has 15 heavy (non-hydrogen) atoms. The zero-order chi connectivity index (χ0) is 10.9. The highest BCUT2D eigenvalue weighted by Crippen LogP contribution is 2.42. The van der Waals surface area contributed by atoms with Crippen LogP contribution in [-0.2, 0) is 0 Å². The van der Waals surface area contributed by atoms with Gasteiger partial charge in [0.2, 0.25) is 5.92 Å². The van der Waals surface area contributed by atoms with Crippen LogP contribution in [0.15, 0.2) is 28.7 Å². The highest BCUT2D eigenvalue weighted by molar-refractivity contribution is 9.10. The molecule has 0 amide bonds. The van der Waals surface area contributed by atoms with Gasteiger partial charge < -0.3 is 4.74 Å². The lowest BCUT2D eigenvalue weighted by molar-refractivity contribution is -0.119. The van der Waals surface area contributed by atoms with E-state index in [1.165, 1.54) is 0 Å². The summed E-state index contributed by atoms with van der Waals surface area (Å²) in [4.78, 5) is 0. The van der Waals surface area contributed by atoms with Gasteiger partial charge in [-0.15, -0.1) is 0 Å². The predicted molar refractivity (Wildman–Crippen MR) is 57.3 cm³/mol. The average molecular weight is 277 g/mol. The van der Waals surface area contributed by atoms with Crippen LogP contribution in [0, 0.1) is 5.92 Å². The van der Waals surface area contributed by atoms with Gasteiger partial charge in [-0.1, -0.05) is 22.0 Å². The minimum atomic E-state index is -2.45. The molecule has 0 bridgehead atoms. The molecular formula is C11H11BrF2O. The van der Waals surface area contributed by atoms with E-state index in [4.69, 9.17) is 4.74 Å². The van der Waals surface area contributed by atoms with E-state index in [0.29, 0.717) is 6.61 Å². The smallest absolute Gasteiger partial charge is 0.248 e. The van der Waals surface area contributed by atoms with E-state index in [1.807, 2.05) is 24.3 Å². The minimum Gasteiger partial charge on any atom is -0.493 e. The topological polar surface area (TPSA) is 9.23 Å². The van der Waals surface area contributed by atoms with Crippen LogP contribution in [0.25, 0.3) is 0 Å². The largest absolute Gasteiger partial charge is 0.493 e. The molecule has 0 N–H and O–H groups in total. The van der Waals surface area contributed by atoms with E-state index in [9.17, 15) is 8.78 Å². The Hall–Kier alpha value is -0.640. The third-order valence-electron chi connectivity index (χ3n) is 2.46. The maximum atomic E-state index is 12.5. The Labute approximate surface area is 95.6 Å². The summed E-state index contributed by atoms with van der Waals surface area (Å²) in [5, 5.41) is 0. The fourth-order valence-electron chi connectivity index (χ4n) is 1.67. The van der Waals surface area contributed by atoms with Gasteiger partial charge in [-0.05, 0) is 18.2 Å². The summed E-state index contributed by atoms with van der Waals surface area (Å²) >= 11 is 3.32. The first-order valence-electron chi connectivity index (χ1n) is 4.81. The van der Waals surface area contributed by atoms with E-state index in [0.717, 1.165) is 10.2 Å². The summed E-state index contributed by atoms with van der Waals surface area (Å²) < 4.78 is 31.4. The zero-order valence-corrected chi connectivity index (χ0v) is 9.64. The molecule has 0 unspecified atom stereocenters. The summed E-state index contributed by atoms with van der Waals surface area (Å²) in [6, 6.07) is 7.40. The summed E-state index contributed by atoms with van der Waals surface area (Å²) in [6.07, 6.45) is -0.0813. The van der Waals surface area contributed by atoms with Gasteiger partial charge in [0, 0.05) is 23.2 Å². The van der Waals surface area contributed by atoms with Gasteiger partial charge in [0.1, 0.15) is 5.75 Å². The third-order valence-corrected chi connectivity index (χ3v) is 2.95. The Morgan fingerprint density at radius 3 is 2.73 bits per heavy atom. The molecule has 82 valence electrons. The van der Waals surface area contributed by atoms with Gasteiger partial charge in [0.05, 0.1) is 6.61 Å². The van der Waals surface area contributed by atoms with Crippen molar-refractivity contribution in [3.63, 3.8) is 0 Å². The molecule has 1 aliphatic rings. The lowest BCUT2D eigenvalue weighted by atomic mass is 9.82. The number of ether oxygens (including phenoxy) is 1. The molecule has 0 spiro atoms. The second-order valence-corrected chi connectivity index (χ2v) is 4.81. The monoisotopic (exact) mass is 276 g/mol. The van der Waals surface area contributed by atoms with Crippen molar-refractivity contribution < 1.29 is 13.5 Å². The van der Waals surface area contributed by atoms with Crippen molar-refractivity contribution in [1.29, 1.82) is 0 Å². The van der Waals surface area contributed by atoms with Crippen LogP contribution in [0.1, 0.15) is 12.8 Å². The number of hydrogen-bond donors (Lipinski definition) is 0. The molecule has 1 saturated carbocycles. The molecule has 0 heterocycles. The molecule has 1 aliphatic carbocycles. The number of rotatable bonds is 3. The summed E-state index contributed by atoms with van der Waals surface area (Å²) in [5.74, 6) is -1.73. The predicted octanol–water partition coefficient (Wildman–Crippen LogP) is 3.87. The lowest BCUT2D eigenvalue weighted by Crippen LogP contribution is -2.38. The normalized spacial score (nSPS) is 19.7. The van der Waals surface area contributed by atoms with Crippen LogP contribution in [0.4, 0.5) is 8.78 Å². The Kier molecular flexibility index (Phi) is 2.96. The van der Waals surface area contributed by atoms with Crippen molar-refractivity contribution in [1.82, 2.24) is 0 Å². The lowest BCUT2D eigenvalue weighted by Gasteiger charge is -2.34. The molecule has 0 aliphatic heterocycles. The molecule has 0 radical (unpaired) electrons. The second kappa shape index (κ2) is 4.08. The van der Waals surface area contributed by atoms with Gasteiger partial charge in [-0.3, -0.25) is 0 Å². The van der Waals surface area contributed by atoms with Gasteiger partial charge in [0.25, 0.3) is 0 Å². The summed E-state index contributed by atoms with van der Waals surface area (Å²) in [6.45, 7) is 0.381. The van der Waals surface area contributed by atoms with Gasteiger partial charge in [-0.2, -0.15) is 0 Å². The highest BCUT2D eigenvalue weighted by Gasteiger charge is 2.45. The van der Waals surface area contributed by atoms with Crippen molar-refractivity contribution in [3.05, 3.63) is 28.7 Å². The van der Waals surface area contributed by atoms with Crippen LogP contribution in [0.3, 0.4) is 0 Å². The average Bonchev–Trinajstić information content (AvgIpc) is 2.11. The first-order chi connectivity index (χ1) is 7.05. The third kappa shape index (κ3) is 2.91. The van der Waals surface area contributed by atoms with Crippen LogP contribution in [0.2, 0.25) is 0 Å². The van der Waals surface area contributed by atoms with Crippen molar-refractivity contribution in [3.8, 4) is 5.75 Å². The van der Waals surface area contributed by atoms with E-state index in [-0.39, 0.29) is 18.8 Å². The molecule has 1 aromatic rings. The van der Waals surface area contributed by atoms with Crippen molar-refractivity contribution in [2.24, 2.45) is 5.92 Å². The summed E-state index contributed by atoms with van der Waals surface area (Å²) in [5.41, 5.74) is 0. The molecule has 1 fully saturated rings. The van der Waals surface area contributed by atoms with Crippen molar-refractivity contribution in [2.75, 3.05) is 6.61 Å². The SMILES string of the molecule is FC1(F)CC(COc2cccc(Br)c2)C1. The zero-order valence-electron chi connectivity index (χ0n) is 8.05. The second-order valence-electron chi connectivity index (χ2n) is 3.90. The van der Waals surface area contributed by atoms with E-state index in [2.05, 4.69) is 15.9 Å². The van der Waals surface area contributed by atoms with Crippen LogP contribution >= 0.6 is 15.9 Å². The van der Waals surface area contributed by atoms with Crippen LogP contribution < -0.4 is 4.74 Å². The fraction of sp³-hybridized carbons (Fsp3) is 0.455. The van der Waals surface area contributed by atoms with E-state index in [1.54, 1.807) is 0 Å². The van der Waals surface area contributed by atoms with Crippen molar-refractivity contribution >= 4 is 15.9 Å². The van der Waals surface area contributed by atoms with Gasteiger partial charge in [-0.25, -0.2) is 8.78 Å². The first kappa shape index (κ1) is 10.9. The first-order valence-corrected chi connectivity index (χ1v) is 5.61. The van der Waals surface area contributed by atoms with Crippen LogP contribution in [-0.4, -0.2) is 12.5 Å². The van der Waals surface area contributed by atoms with E-state index < -0.39 is 5.92 Å². The van der Waals surface area contributed by atoms with Crippen LogP contribution in [0.5, 0.6) is 5.75 Å². The quantitative estimate of drug-likeness (QED) is 0.814. The fourth-order valence-corrected chi connectivity index (χ4v) is 2.05. The Morgan fingerprint density at radius 2 is 2.13 bits per heavy atom. The molecule has 0 aromatic heterocycles. The molecule has 0 atom stereocenters. The highest BCUT2D eigenvalue weighted by atomic mass is 79.9. The van der Waals surface area contributed by atoms with Gasteiger partial charge >= 0.3 is 0 Å². The molecule has 4 heteroatoms. The van der Waals surface area contributed by atoms with Gasteiger partial charge in [0.15, 0.2) is 0 Å². The Balaban J connectivity index is 1.80. The Morgan fingerprint density at radius 1 is 1.40 bits per heavy atom. The standard InChI is InChI=1S/C11H11BrF2O/c12-9-2-1-3-10(4-9)15-7-8-5-11(13,14)6-8/h1-4,8H,5-7H2. The number of alkyl halides is 2. The minimum absolute atomic E-state index is 0.000943. The molecule has 2 rings (SSSR count). The number of halogens is 3. The Bertz CT molecular complexity index is 346. The number of benzene rings is 1. The van der Waals surface area contributed by atoms with Crippen molar-refractivity contribution in [2.45, 2.75) is 18.8 Å². The summed E-state index contributed by atoms with van der Waals surface area (Å²) in [7, 11) is 0. The molecule has 1 aromatic carbocycles. The van der Waals surface area contributed by atoms with E-state index >= 15 is 0 Å². The maximum Gasteiger partial charge on any atom is 0.248 e.